The topological polar surface area (TPSA) is 85.1 Å². The Labute approximate surface area is 206 Å². The largest absolute Gasteiger partial charge is 0.460 e. The molecule has 1 aliphatic rings. The van der Waals surface area contributed by atoms with Gasteiger partial charge in [0.1, 0.15) is 19.8 Å². The molecule has 0 fully saturated rings. The van der Waals surface area contributed by atoms with Crippen LogP contribution in [0.2, 0.25) is 0 Å². The van der Waals surface area contributed by atoms with E-state index in [0.29, 0.717) is 19.5 Å². The van der Waals surface area contributed by atoms with Crippen LogP contribution in [-0.2, 0) is 20.9 Å². The second kappa shape index (κ2) is 11.6. The molecule has 7 nitrogen and oxygen atoms in total. The zero-order valence-electron chi connectivity index (χ0n) is 19.9. The maximum atomic E-state index is 13.0. The Morgan fingerprint density at radius 1 is 0.857 bits per heavy atom. The fraction of sp³-hybridized carbons (Fsp3) is 0.286. The van der Waals surface area contributed by atoms with E-state index >= 15 is 0 Å². The van der Waals surface area contributed by atoms with Crippen molar-refractivity contribution in [1.29, 1.82) is 0 Å². The summed E-state index contributed by atoms with van der Waals surface area (Å²) in [6.45, 7) is 1.18. The predicted molar refractivity (Wildman–Crippen MR) is 134 cm³/mol. The van der Waals surface area contributed by atoms with Gasteiger partial charge in [-0.3, -0.25) is 4.79 Å². The van der Waals surface area contributed by atoms with Gasteiger partial charge in [-0.1, -0.05) is 78.9 Å². The van der Waals surface area contributed by atoms with E-state index in [2.05, 4.69) is 24.3 Å². The van der Waals surface area contributed by atoms with E-state index in [1.807, 2.05) is 54.6 Å². The summed E-state index contributed by atoms with van der Waals surface area (Å²) in [5.74, 6) is -0.461. The van der Waals surface area contributed by atoms with Gasteiger partial charge >= 0.3 is 12.1 Å². The van der Waals surface area contributed by atoms with Crippen molar-refractivity contribution in [3.05, 3.63) is 95.6 Å². The minimum Gasteiger partial charge on any atom is -0.460 e. The van der Waals surface area contributed by atoms with Crippen molar-refractivity contribution in [2.45, 2.75) is 18.9 Å². The van der Waals surface area contributed by atoms with Crippen LogP contribution < -0.4 is 5.73 Å². The number of carbonyl (C=O) groups is 2. The number of amides is 1. The first-order valence-corrected chi connectivity index (χ1v) is 11.8. The van der Waals surface area contributed by atoms with Crippen LogP contribution in [-0.4, -0.2) is 55.4 Å². The molecular formula is C28H31N3O4. The third-order valence-electron chi connectivity index (χ3n) is 6.20. The van der Waals surface area contributed by atoms with E-state index in [-0.39, 0.29) is 25.7 Å². The van der Waals surface area contributed by atoms with Crippen LogP contribution in [0.25, 0.3) is 11.1 Å². The number of rotatable bonds is 10. The second-order valence-electron chi connectivity index (χ2n) is 8.50. The van der Waals surface area contributed by atoms with Crippen LogP contribution >= 0.6 is 0 Å². The first kappa shape index (κ1) is 24.4. The molecule has 0 radical (unpaired) electrons. The molecule has 4 rings (SSSR count). The SMILES string of the molecule is CN(C(=O)OCC1c2ccccc2-c2ccccc21)N(CCCN)CC(=O)OCc1ccccc1. The summed E-state index contributed by atoms with van der Waals surface area (Å²) in [5.41, 5.74) is 11.2. The maximum absolute atomic E-state index is 13.0. The summed E-state index contributed by atoms with van der Waals surface area (Å²) in [5, 5.41) is 2.95. The molecule has 1 amide bonds. The van der Waals surface area contributed by atoms with Crippen molar-refractivity contribution in [3.8, 4) is 11.1 Å². The van der Waals surface area contributed by atoms with Crippen LogP contribution in [0.5, 0.6) is 0 Å². The summed E-state index contributed by atoms with van der Waals surface area (Å²) in [4.78, 5) is 25.5. The number of esters is 1. The Bertz CT molecular complexity index is 1110. The van der Waals surface area contributed by atoms with E-state index in [9.17, 15) is 9.59 Å². The average Bonchev–Trinajstić information content (AvgIpc) is 3.22. The van der Waals surface area contributed by atoms with Gasteiger partial charge in [-0.25, -0.2) is 14.8 Å². The molecule has 7 heteroatoms. The van der Waals surface area contributed by atoms with Gasteiger partial charge in [-0.15, -0.1) is 0 Å². The molecule has 35 heavy (non-hydrogen) atoms. The summed E-state index contributed by atoms with van der Waals surface area (Å²) in [6.07, 6.45) is 0.0900. The normalized spacial score (nSPS) is 12.2. The average molecular weight is 474 g/mol. The maximum Gasteiger partial charge on any atom is 0.424 e. The molecule has 0 bridgehead atoms. The number of carbonyl (C=O) groups excluding carboxylic acids is 2. The predicted octanol–water partition coefficient (Wildman–Crippen LogP) is 4.18. The number of nitrogens with two attached hydrogens (primary N) is 1. The number of fused-ring (bicyclic) bond motifs is 3. The second-order valence-corrected chi connectivity index (χ2v) is 8.50. The summed E-state index contributed by atoms with van der Waals surface area (Å²) < 4.78 is 11.1. The van der Waals surface area contributed by atoms with E-state index < -0.39 is 12.1 Å². The van der Waals surface area contributed by atoms with Crippen LogP contribution in [0.15, 0.2) is 78.9 Å². The highest BCUT2D eigenvalue weighted by Crippen LogP contribution is 2.44. The molecule has 0 aromatic heterocycles. The van der Waals surface area contributed by atoms with Gasteiger partial charge in [0.2, 0.25) is 0 Å². The lowest BCUT2D eigenvalue weighted by Crippen LogP contribution is -2.47. The lowest BCUT2D eigenvalue weighted by molar-refractivity contribution is -0.150. The highest BCUT2D eigenvalue weighted by molar-refractivity contribution is 5.79. The van der Waals surface area contributed by atoms with Crippen molar-refractivity contribution in [2.75, 3.05) is 33.3 Å². The lowest BCUT2D eigenvalue weighted by Gasteiger charge is -2.30. The fourth-order valence-electron chi connectivity index (χ4n) is 4.34. The molecule has 0 spiro atoms. The highest BCUT2D eigenvalue weighted by Gasteiger charge is 2.30. The van der Waals surface area contributed by atoms with Gasteiger partial charge < -0.3 is 15.2 Å². The van der Waals surface area contributed by atoms with Gasteiger partial charge in [-0.05, 0) is 40.8 Å². The number of ether oxygens (including phenoxy) is 2. The van der Waals surface area contributed by atoms with Crippen LogP contribution in [0, 0.1) is 0 Å². The Balaban J connectivity index is 1.37. The van der Waals surface area contributed by atoms with Crippen LogP contribution in [0.3, 0.4) is 0 Å². The molecule has 0 atom stereocenters. The summed E-state index contributed by atoms with van der Waals surface area (Å²) in [7, 11) is 1.60. The van der Waals surface area contributed by atoms with Gasteiger partial charge in [0.25, 0.3) is 0 Å². The van der Waals surface area contributed by atoms with Crippen LogP contribution in [0.1, 0.15) is 29.0 Å². The van der Waals surface area contributed by atoms with Crippen molar-refractivity contribution >= 4 is 12.1 Å². The third kappa shape index (κ3) is 5.88. The van der Waals surface area contributed by atoms with Gasteiger partial charge in [0.15, 0.2) is 0 Å². The number of hydrazine groups is 1. The monoisotopic (exact) mass is 473 g/mol. The molecule has 0 saturated carbocycles. The Kier molecular flexibility index (Phi) is 8.13. The Morgan fingerprint density at radius 2 is 1.46 bits per heavy atom. The molecule has 3 aromatic rings. The van der Waals surface area contributed by atoms with Crippen molar-refractivity contribution in [1.82, 2.24) is 10.0 Å². The van der Waals surface area contributed by atoms with E-state index in [1.54, 1.807) is 12.1 Å². The van der Waals surface area contributed by atoms with Gasteiger partial charge in [0.05, 0.1) is 0 Å². The molecular weight excluding hydrogens is 442 g/mol. The van der Waals surface area contributed by atoms with Crippen molar-refractivity contribution in [2.24, 2.45) is 5.73 Å². The van der Waals surface area contributed by atoms with Gasteiger partial charge in [-0.2, -0.15) is 0 Å². The molecule has 182 valence electrons. The first-order chi connectivity index (χ1) is 17.1. The van der Waals surface area contributed by atoms with Crippen LogP contribution in [0.4, 0.5) is 4.79 Å². The third-order valence-corrected chi connectivity index (χ3v) is 6.20. The van der Waals surface area contributed by atoms with Crippen molar-refractivity contribution in [3.63, 3.8) is 0 Å². The van der Waals surface area contributed by atoms with E-state index in [0.717, 1.165) is 16.7 Å². The minimum atomic E-state index is -0.528. The molecule has 3 aromatic carbocycles. The minimum absolute atomic E-state index is 0.0342. The van der Waals surface area contributed by atoms with E-state index in [4.69, 9.17) is 15.2 Å². The zero-order valence-corrected chi connectivity index (χ0v) is 19.9. The molecule has 0 heterocycles. The quantitative estimate of drug-likeness (QED) is 0.351. The van der Waals surface area contributed by atoms with Gasteiger partial charge in [0, 0.05) is 19.5 Å². The number of benzene rings is 3. The first-order valence-electron chi connectivity index (χ1n) is 11.8. The summed E-state index contributed by atoms with van der Waals surface area (Å²) in [6, 6.07) is 25.9. The van der Waals surface area contributed by atoms with E-state index in [1.165, 1.54) is 16.1 Å². The summed E-state index contributed by atoms with van der Waals surface area (Å²) >= 11 is 0. The zero-order chi connectivity index (χ0) is 24.6. The molecule has 0 unspecified atom stereocenters. The number of hydrogen-bond acceptors (Lipinski definition) is 6. The number of nitrogens with zero attached hydrogens (tertiary/aromatic N) is 2. The number of hydrogen-bond donors (Lipinski definition) is 1. The lowest BCUT2D eigenvalue weighted by atomic mass is 9.98. The highest BCUT2D eigenvalue weighted by atomic mass is 16.6. The smallest absolute Gasteiger partial charge is 0.424 e. The molecule has 0 aliphatic heterocycles. The Morgan fingerprint density at radius 3 is 2.09 bits per heavy atom. The standard InChI is InChI=1S/C28H31N3O4/c1-30(31(17-9-16-29)18-27(32)34-19-21-10-3-2-4-11-21)28(33)35-20-26-24-14-7-5-12-22(24)23-13-6-8-15-25(23)26/h2-8,10-15,26H,9,16-20,29H2,1H3. The molecule has 2 N–H and O–H groups in total. The molecule has 1 aliphatic carbocycles. The van der Waals surface area contributed by atoms with Crippen molar-refractivity contribution < 1.29 is 19.1 Å². The molecule has 0 saturated heterocycles. The fourth-order valence-corrected chi connectivity index (χ4v) is 4.34. The Hall–Kier alpha value is -3.68.